The maximum Gasteiger partial charge on any atom is 0.148 e. The summed E-state index contributed by atoms with van der Waals surface area (Å²) < 4.78 is 0. The Hall–Kier alpha value is -1.99. The normalized spacial score (nSPS) is 9.83. The highest BCUT2D eigenvalue weighted by Gasteiger charge is 2.06. The maximum atomic E-state index is 9.13. The summed E-state index contributed by atoms with van der Waals surface area (Å²) in [5.41, 5.74) is 2.45. The first-order valence-corrected chi connectivity index (χ1v) is 6.74. The number of nitrogens with one attached hydrogen (secondary N) is 1. The maximum absolute atomic E-state index is 9.13. The average molecular weight is 255 g/mol. The monoisotopic (exact) mass is 255 g/mol. The molecule has 0 aliphatic rings. The highest BCUT2D eigenvalue weighted by Crippen LogP contribution is 2.22. The zero-order valence-corrected chi connectivity index (χ0v) is 11.1. The van der Waals surface area contributed by atoms with Gasteiger partial charge in [0.1, 0.15) is 11.9 Å². The second-order valence-electron chi connectivity index (χ2n) is 3.82. The van der Waals surface area contributed by atoms with E-state index in [1.54, 1.807) is 18.0 Å². The molecule has 0 aliphatic carbocycles. The fourth-order valence-corrected chi connectivity index (χ4v) is 2.01. The number of benzene rings is 1. The lowest BCUT2D eigenvalue weighted by molar-refractivity contribution is 1.24. The number of hydrogen-bond donors (Lipinski definition) is 1. The summed E-state index contributed by atoms with van der Waals surface area (Å²) >= 11 is 1.70. The minimum Gasteiger partial charge on any atom is -0.339 e. The second-order valence-corrected chi connectivity index (χ2v) is 4.70. The molecule has 0 amide bonds. The Morgan fingerprint density at radius 3 is 2.56 bits per heavy atom. The molecule has 1 aromatic carbocycles. The van der Waals surface area contributed by atoms with Crippen LogP contribution in [-0.4, -0.2) is 11.2 Å². The largest absolute Gasteiger partial charge is 0.339 e. The molecule has 0 aliphatic heterocycles. The van der Waals surface area contributed by atoms with Gasteiger partial charge in [0.15, 0.2) is 0 Å². The minimum absolute atomic E-state index is 0.589. The Bertz CT molecular complexity index is 585. The quantitative estimate of drug-likeness (QED) is 0.849. The van der Waals surface area contributed by atoms with Crippen LogP contribution >= 0.6 is 11.8 Å². The van der Waals surface area contributed by atoms with Crippen molar-refractivity contribution in [1.29, 1.82) is 5.26 Å². The lowest BCUT2D eigenvalue weighted by atomic mass is 10.1. The molecule has 2 rings (SSSR count). The number of rotatable bonds is 3. The zero-order chi connectivity index (χ0) is 13.0. The Kier molecular flexibility index (Phi) is 3.85. The SMILES string of the molecule is CSc1ccc(Nc2nccc(C)c2C#N)cc1. The number of nitrogens with zero attached hydrogens (tertiary/aromatic N) is 2. The van der Waals surface area contributed by atoms with Gasteiger partial charge in [-0.1, -0.05) is 0 Å². The smallest absolute Gasteiger partial charge is 0.148 e. The van der Waals surface area contributed by atoms with Crippen molar-refractivity contribution < 1.29 is 0 Å². The van der Waals surface area contributed by atoms with Crippen LogP contribution in [0.15, 0.2) is 41.4 Å². The molecule has 0 bridgehead atoms. The molecule has 0 atom stereocenters. The molecule has 1 N–H and O–H groups in total. The van der Waals surface area contributed by atoms with Gasteiger partial charge in [-0.25, -0.2) is 4.98 Å². The van der Waals surface area contributed by atoms with E-state index >= 15 is 0 Å². The third-order valence-electron chi connectivity index (χ3n) is 2.62. The number of nitriles is 1. The molecule has 0 saturated carbocycles. The molecular weight excluding hydrogens is 242 g/mol. The van der Waals surface area contributed by atoms with Crippen molar-refractivity contribution >= 4 is 23.3 Å². The van der Waals surface area contributed by atoms with Crippen molar-refractivity contribution in [3.63, 3.8) is 0 Å². The lowest BCUT2D eigenvalue weighted by Gasteiger charge is -2.08. The van der Waals surface area contributed by atoms with Crippen LogP contribution in [0.5, 0.6) is 0 Å². The Morgan fingerprint density at radius 2 is 1.94 bits per heavy atom. The molecule has 0 saturated heterocycles. The summed E-state index contributed by atoms with van der Waals surface area (Å²) in [5, 5.41) is 12.3. The van der Waals surface area contributed by atoms with Crippen LogP contribution in [0.2, 0.25) is 0 Å². The molecular formula is C14H13N3S. The fraction of sp³-hybridized carbons (Fsp3) is 0.143. The van der Waals surface area contributed by atoms with Crippen molar-refractivity contribution in [2.24, 2.45) is 0 Å². The summed E-state index contributed by atoms with van der Waals surface area (Å²) in [7, 11) is 0. The average Bonchev–Trinajstić information content (AvgIpc) is 2.40. The molecule has 18 heavy (non-hydrogen) atoms. The first kappa shape index (κ1) is 12.5. The van der Waals surface area contributed by atoms with Crippen molar-refractivity contribution in [3.8, 4) is 6.07 Å². The minimum atomic E-state index is 0.589. The highest BCUT2D eigenvalue weighted by atomic mass is 32.2. The van der Waals surface area contributed by atoms with Crippen LogP contribution in [0.3, 0.4) is 0 Å². The number of anilines is 2. The number of aryl methyl sites for hydroxylation is 1. The van der Waals surface area contributed by atoms with Crippen LogP contribution in [-0.2, 0) is 0 Å². The summed E-state index contributed by atoms with van der Waals surface area (Å²) in [6.45, 7) is 1.90. The van der Waals surface area contributed by atoms with E-state index in [0.29, 0.717) is 11.4 Å². The van der Waals surface area contributed by atoms with Crippen LogP contribution in [0.25, 0.3) is 0 Å². The standard InChI is InChI=1S/C14H13N3S/c1-10-7-8-16-14(13(10)9-15)17-11-3-5-12(18-2)6-4-11/h3-8H,1-2H3,(H,16,17). The third kappa shape index (κ3) is 2.63. The molecule has 0 fully saturated rings. The summed E-state index contributed by atoms with van der Waals surface area (Å²) in [5.74, 6) is 0.606. The van der Waals surface area contributed by atoms with E-state index < -0.39 is 0 Å². The number of aromatic nitrogens is 1. The fourth-order valence-electron chi connectivity index (χ4n) is 1.61. The highest BCUT2D eigenvalue weighted by molar-refractivity contribution is 7.98. The van der Waals surface area contributed by atoms with Crippen molar-refractivity contribution in [3.05, 3.63) is 47.7 Å². The predicted molar refractivity (Wildman–Crippen MR) is 75.2 cm³/mol. The molecule has 0 radical (unpaired) electrons. The first-order valence-electron chi connectivity index (χ1n) is 5.51. The Labute approximate surface area is 111 Å². The van der Waals surface area contributed by atoms with Gasteiger partial charge in [-0.05, 0) is 49.1 Å². The van der Waals surface area contributed by atoms with Gasteiger partial charge in [-0.15, -0.1) is 11.8 Å². The molecule has 0 unspecified atom stereocenters. The van der Waals surface area contributed by atoms with Gasteiger partial charge in [0.05, 0.1) is 5.56 Å². The Morgan fingerprint density at radius 1 is 1.22 bits per heavy atom. The van der Waals surface area contributed by atoms with E-state index in [-0.39, 0.29) is 0 Å². The molecule has 1 aromatic heterocycles. The van der Waals surface area contributed by atoms with E-state index in [9.17, 15) is 0 Å². The lowest BCUT2D eigenvalue weighted by Crippen LogP contribution is -1.98. The predicted octanol–water partition coefficient (Wildman–Crippen LogP) is 3.73. The second kappa shape index (κ2) is 5.56. The number of thioether (sulfide) groups is 1. The van der Waals surface area contributed by atoms with Gasteiger partial charge in [0.25, 0.3) is 0 Å². The van der Waals surface area contributed by atoms with Gasteiger partial charge in [-0.2, -0.15) is 5.26 Å². The molecule has 2 aromatic rings. The van der Waals surface area contributed by atoms with Gasteiger partial charge in [-0.3, -0.25) is 0 Å². The third-order valence-corrected chi connectivity index (χ3v) is 3.37. The topological polar surface area (TPSA) is 48.7 Å². The molecule has 3 nitrogen and oxygen atoms in total. The Balaban J connectivity index is 2.28. The van der Waals surface area contributed by atoms with Crippen molar-refractivity contribution in [1.82, 2.24) is 4.98 Å². The molecule has 1 heterocycles. The molecule has 0 spiro atoms. The number of pyridine rings is 1. The summed E-state index contributed by atoms with van der Waals surface area (Å²) in [6.07, 6.45) is 3.74. The van der Waals surface area contributed by atoms with E-state index in [1.807, 2.05) is 43.5 Å². The van der Waals surface area contributed by atoms with E-state index in [4.69, 9.17) is 5.26 Å². The molecule has 90 valence electrons. The summed E-state index contributed by atoms with van der Waals surface area (Å²) in [6, 6.07) is 12.1. The van der Waals surface area contributed by atoms with Crippen LogP contribution < -0.4 is 5.32 Å². The van der Waals surface area contributed by atoms with Gasteiger partial charge in [0.2, 0.25) is 0 Å². The molecule has 4 heteroatoms. The van der Waals surface area contributed by atoms with Gasteiger partial charge < -0.3 is 5.32 Å². The van der Waals surface area contributed by atoms with Crippen LogP contribution in [0.4, 0.5) is 11.5 Å². The van der Waals surface area contributed by atoms with Gasteiger partial charge >= 0.3 is 0 Å². The number of hydrogen-bond acceptors (Lipinski definition) is 4. The van der Waals surface area contributed by atoms with Crippen molar-refractivity contribution in [2.45, 2.75) is 11.8 Å². The first-order chi connectivity index (χ1) is 8.74. The van der Waals surface area contributed by atoms with Crippen molar-refractivity contribution in [2.75, 3.05) is 11.6 Å². The van der Waals surface area contributed by atoms with E-state index in [1.165, 1.54) is 4.90 Å². The van der Waals surface area contributed by atoms with E-state index in [2.05, 4.69) is 16.4 Å². The van der Waals surface area contributed by atoms with Crippen LogP contribution in [0, 0.1) is 18.3 Å². The van der Waals surface area contributed by atoms with Gasteiger partial charge in [0, 0.05) is 16.8 Å². The van der Waals surface area contributed by atoms with E-state index in [0.717, 1.165) is 11.3 Å². The zero-order valence-electron chi connectivity index (χ0n) is 10.3. The van der Waals surface area contributed by atoms with Crippen LogP contribution in [0.1, 0.15) is 11.1 Å². The summed E-state index contributed by atoms with van der Waals surface area (Å²) in [4.78, 5) is 5.42.